The van der Waals surface area contributed by atoms with E-state index in [4.69, 9.17) is 19.3 Å². The van der Waals surface area contributed by atoms with E-state index >= 15 is 0 Å². The van der Waals surface area contributed by atoms with Crippen LogP contribution in [0.2, 0.25) is 0 Å². The molecule has 1 aliphatic rings. The molecule has 0 aromatic rings. The van der Waals surface area contributed by atoms with Crippen molar-refractivity contribution in [3.05, 3.63) is 0 Å². The molecule has 1 fully saturated rings. The van der Waals surface area contributed by atoms with Crippen LogP contribution in [-0.2, 0) is 23.8 Å². The van der Waals surface area contributed by atoms with E-state index in [-0.39, 0.29) is 18.4 Å². The highest BCUT2D eigenvalue weighted by atomic mass is 16.6. The average Bonchev–Trinajstić information content (AvgIpc) is 2.22. The zero-order valence-electron chi connectivity index (χ0n) is 12.6. The molecule has 6 nitrogen and oxygen atoms in total. The first-order valence-electron chi connectivity index (χ1n) is 6.71. The second-order valence-corrected chi connectivity index (χ2v) is 6.64. The number of ether oxygens (including phenoxy) is 3. The standard InChI is InChI=1S/C14H24O6/c1-13(2,3)20-11(15)5-10(12(16)17)6-18-7-14(4)8-19-9-14/h10H,5-9H2,1-4H3,(H,16,17)/t10-/m0/s1. The van der Waals surface area contributed by atoms with Crippen molar-refractivity contribution in [1.82, 2.24) is 0 Å². The largest absolute Gasteiger partial charge is 0.481 e. The van der Waals surface area contributed by atoms with Crippen molar-refractivity contribution in [3.63, 3.8) is 0 Å². The number of esters is 1. The van der Waals surface area contributed by atoms with Crippen molar-refractivity contribution in [3.8, 4) is 0 Å². The maximum Gasteiger partial charge on any atom is 0.309 e. The fourth-order valence-corrected chi connectivity index (χ4v) is 1.78. The minimum Gasteiger partial charge on any atom is -0.481 e. The highest BCUT2D eigenvalue weighted by molar-refractivity contribution is 5.79. The predicted molar refractivity (Wildman–Crippen MR) is 71.3 cm³/mol. The molecule has 1 atom stereocenters. The number of hydrogen-bond acceptors (Lipinski definition) is 5. The van der Waals surface area contributed by atoms with E-state index in [2.05, 4.69) is 0 Å². The van der Waals surface area contributed by atoms with Crippen LogP contribution >= 0.6 is 0 Å². The lowest BCUT2D eigenvalue weighted by atomic mass is 9.90. The van der Waals surface area contributed by atoms with Gasteiger partial charge in [0.15, 0.2) is 0 Å². The lowest BCUT2D eigenvalue weighted by Crippen LogP contribution is -2.44. The number of hydrogen-bond donors (Lipinski definition) is 1. The Morgan fingerprint density at radius 1 is 1.35 bits per heavy atom. The van der Waals surface area contributed by atoms with E-state index in [1.54, 1.807) is 20.8 Å². The van der Waals surface area contributed by atoms with Crippen LogP contribution in [0.1, 0.15) is 34.1 Å². The molecule has 1 heterocycles. The summed E-state index contributed by atoms with van der Waals surface area (Å²) < 4.78 is 15.6. The van der Waals surface area contributed by atoms with E-state index in [0.717, 1.165) is 0 Å². The summed E-state index contributed by atoms with van der Waals surface area (Å²) in [5.41, 5.74) is -0.646. The third-order valence-corrected chi connectivity index (χ3v) is 2.85. The molecule has 1 rings (SSSR count). The Balaban J connectivity index is 2.36. The molecule has 1 saturated heterocycles. The summed E-state index contributed by atoms with van der Waals surface area (Å²) in [6.45, 7) is 8.93. The predicted octanol–water partition coefficient (Wildman–Crippen LogP) is 1.47. The Hall–Kier alpha value is -1.14. The first kappa shape index (κ1) is 16.9. The van der Waals surface area contributed by atoms with Gasteiger partial charge >= 0.3 is 11.9 Å². The monoisotopic (exact) mass is 288 g/mol. The topological polar surface area (TPSA) is 82.1 Å². The third-order valence-electron chi connectivity index (χ3n) is 2.85. The molecule has 6 heteroatoms. The van der Waals surface area contributed by atoms with Crippen LogP contribution in [0.3, 0.4) is 0 Å². The van der Waals surface area contributed by atoms with Crippen molar-refractivity contribution in [2.45, 2.75) is 39.7 Å². The van der Waals surface area contributed by atoms with Crippen molar-refractivity contribution < 1.29 is 28.9 Å². The molecule has 1 aliphatic heterocycles. The van der Waals surface area contributed by atoms with Crippen LogP contribution in [-0.4, -0.2) is 49.1 Å². The van der Waals surface area contributed by atoms with Crippen LogP contribution in [0, 0.1) is 11.3 Å². The Labute approximate surface area is 119 Å². The van der Waals surface area contributed by atoms with Crippen molar-refractivity contribution in [2.24, 2.45) is 11.3 Å². The van der Waals surface area contributed by atoms with Crippen LogP contribution in [0.15, 0.2) is 0 Å². The average molecular weight is 288 g/mol. The van der Waals surface area contributed by atoms with Gasteiger partial charge in [0.25, 0.3) is 0 Å². The first-order chi connectivity index (χ1) is 9.11. The van der Waals surface area contributed by atoms with Gasteiger partial charge in [-0.05, 0) is 20.8 Å². The third kappa shape index (κ3) is 5.88. The second kappa shape index (κ2) is 6.54. The number of carbonyl (C=O) groups is 2. The number of carbonyl (C=O) groups excluding carboxylic acids is 1. The highest BCUT2D eigenvalue weighted by Gasteiger charge is 2.34. The summed E-state index contributed by atoms with van der Waals surface area (Å²) >= 11 is 0. The minimum atomic E-state index is -1.05. The van der Waals surface area contributed by atoms with E-state index in [0.29, 0.717) is 19.8 Å². The van der Waals surface area contributed by atoms with Crippen LogP contribution < -0.4 is 0 Å². The number of carboxylic acid groups (broad SMARTS) is 1. The summed E-state index contributed by atoms with van der Waals surface area (Å²) in [6, 6.07) is 0. The Bertz CT molecular complexity index is 353. The SMILES string of the molecule is CC1(COC[C@H](CC(=O)OC(C)(C)C)C(=O)O)COC1. The maximum absolute atomic E-state index is 11.6. The lowest BCUT2D eigenvalue weighted by Gasteiger charge is -2.37. The van der Waals surface area contributed by atoms with Gasteiger partial charge in [0, 0.05) is 5.41 Å². The molecule has 1 N–H and O–H groups in total. The highest BCUT2D eigenvalue weighted by Crippen LogP contribution is 2.26. The summed E-state index contributed by atoms with van der Waals surface area (Å²) in [6.07, 6.45) is -0.181. The van der Waals surface area contributed by atoms with Gasteiger partial charge in [-0.1, -0.05) is 6.92 Å². The van der Waals surface area contributed by atoms with Gasteiger partial charge in [-0.3, -0.25) is 9.59 Å². The van der Waals surface area contributed by atoms with Crippen molar-refractivity contribution >= 4 is 11.9 Å². The zero-order valence-corrected chi connectivity index (χ0v) is 12.6. The molecule has 0 spiro atoms. The van der Waals surface area contributed by atoms with E-state index < -0.39 is 23.5 Å². The fourth-order valence-electron chi connectivity index (χ4n) is 1.78. The molecule has 20 heavy (non-hydrogen) atoms. The normalized spacial score (nSPS) is 19.0. The van der Waals surface area contributed by atoms with Gasteiger partial charge in [-0.2, -0.15) is 0 Å². The zero-order chi connectivity index (χ0) is 15.4. The maximum atomic E-state index is 11.6. The van der Waals surface area contributed by atoms with Gasteiger partial charge in [0.05, 0.1) is 38.8 Å². The Kier molecular flexibility index (Phi) is 5.53. The minimum absolute atomic E-state index is 0.00413. The molecule has 116 valence electrons. The summed E-state index contributed by atoms with van der Waals surface area (Å²) in [4.78, 5) is 22.8. The molecule has 0 amide bonds. The van der Waals surface area contributed by atoms with Gasteiger partial charge in [-0.25, -0.2) is 0 Å². The number of rotatable bonds is 7. The van der Waals surface area contributed by atoms with Crippen molar-refractivity contribution in [2.75, 3.05) is 26.4 Å². The second-order valence-electron chi connectivity index (χ2n) is 6.64. The molecule has 0 radical (unpaired) electrons. The molecular weight excluding hydrogens is 264 g/mol. The van der Waals surface area contributed by atoms with Gasteiger partial charge in [0.1, 0.15) is 5.60 Å². The number of aliphatic carboxylic acids is 1. The van der Waals surface area contributed by atoms with Crippen LogP contribution in [0.5, 0.6) is 0 Å². The van der Waals surface area contributed by atoms with Gasteiger partial charge in [-0.15, -0.1) is 0 Å². The molecule has 0 aromatic carbocycles. The first-order valence-corrected chi connectivity index (χ1v) is 6.71. The Morgan fingerprint density at radius 3 is 2.35 bits per heavy atom. The van der Waals surface area contributed by atoms with E-state index in [1.165, 1.54) is 0 Å². The van der Waals surface area contributed by atoms with Gasteiger partial charge < -0.3 is 19.3 Å². The molecule has 0 bridgehead atoms. The van der Waals surface area contributed by atoms with Crippen molar-refractivity contribution in [1.29, 1.82) is 0 Å². The molecule has 0 unspecified atom stereocenters. The Morgan fingerprint density at radius 2 is 1.95 bits per heavy atom. The van der Waals surface area contributed by atoms with Crippen LogP contribution in [0.4, 0.5) is 0 Å². The molecular formula is C14H24O6. The summed E-state index contributed by atoms with van der Waals surface area (Å²) in [7, 11) is 0. The lowest BCUT2D eigenvalue weighted by molar-refractivity contribution is -0.164. The summed E-state index contributed by atoms with van der Waals surface area (Å²) in [5.74, 6) is -2.45. The van der Waals surface area contributed by atoms with Crippen LogP contribution in [0.25, 0.3) is 0 Å². The quantitative estimate of drug-likeness (QED) is 0.714. The molecule has 0 aliphatic carbocycles. The molecule has 0 aromatic heterocycles. The van der Waals surface area contributed by atoms with E-state index in [9.17, 15) is 9.59 Å². The van der Waals surface area contributed by atoms with E-state index in [1.807, 2.05) is 6.92 Å². The smallest absolute Gasteiger partial charge is 0.309 e. The van der Waals surface area contributed by atoms with Gasteiger partial charge in [0.2, 0.25) is 0 Å². The molecule has 0 saturated carbocycles. The fraction of sp³-hybridized carbons (Fsp3) is 0.857. The summed E-state index contributed by atoms with van der Waals surface area (Å²) in [5, 5.41) is 9.11. The number of carboxylic acids is 1.